The summed E-state index contributed by atoms with van der Waals surface area (Å²) in [7, 11) is 0. The molecule has 0 aliphatic heterocycles. The maximum atomic E-state index is 12.5. The Hall–Kier alpha value is -3.44. The van der Waals surface area contributed by atoms with Gasteiger partial charge in [-0.15, -0.1) is 0 Å². The molecule has 0 unspecified atom stereocenters. The molecule has 0 saturated carbocycles. The summed E-state index contributed by atoms with van der Waals surface area (Å²) in [6.45, 7) is 0. The number of carbonyl (C=O) groups is 1. The van der Waals surface area contributed by atoms with Crippen molar-refractivity contribution < 1.29 is 9.21 Å². The van der Waals surface area contributed by atoms with Gasteiger partial charge in [0.05, 0.1) is 6.04 Å². The number of aromatic nitrogens is 1. The predicted octanol–water partition coefficient (Wildman–Crippen LogP) is 4.71. The smallest absolute Gasteiger partial charge is 0.277 e. The van der Waals surface area contributed by atoms with Crippen LogP contribution in [0.2, 0.25) is 0 Å². The predicted molar refractivity (Wildman–Crippen MR) is 110 cm³/mol. The van der Waals surface area contributed by atoms with E-state index in [0.29, 0.717) is 18.0 Å². The van der Waals surface area contributed by atoms with Gasteiger partial charge in [-0.25, -0.2) is 4.98 Å². The molecule has 5 heteroatoms. The molecule has 0 bridgehead atoms. The van der Waals surface area contributed by atoms with Crippen molar-refractivity contribution in [2.45, 2.75) is 18.9 Å². The van der Waals surface area contributed by atoms with Crippen molar-refractivity contribution in [1.82, 2.24) is 4.98 Å². The Bertz CT molecular complexity index is 1090. The van der Waals surface area contributed by atoms with E-state index in [9.17, 15) is 4.79 Å². The molecule has 4 rings (SSSR count). The molecule has 4 aromatic rings. The average molecular weight is 371 g/mol. The summed E-state index contributed by atoms with van der Waals surface area (Å²) in [6.07, 6.45) is 2.87. The van der Waals surface area contributed by atoms with Crippen LogP contribution < -0.4 is 11.1 Å². The van der Waals surface area contributed by atoms with Crippen molar-refractivity contribution in [2.75, 3.05) is 5.32 Å². The number of benzene rings is 3. The molecule has 28 heavy (non-hydrogen) atoms. The summed E-state index contributed by atoms with van der Waals surface area (Å²) >= 11 is 0. The van der Waals surface area contributed by atoms with Gasteiger partial charge in [0.2, 0.25) is 5.89 Å². The lowest BCUT2D eigenvalue weighted by Gasteiger charge is -2.07. The lowest BCUT2D eigenvalue weighted by Crippen LogP contribution is -2.15. The van der Waals surface area contributed by atoms with Crippen LogP contribution in [0.15, 0.2) is 83.5 Å². The number of hydrogen-bond acceptors (Lipinski definition) is 4. The van der Waals surface area contributed by atoms with Gasteiger partial charge in [0, 0.05) is 5.69 Å². The van der Waals surface area contributed by atoms with Gasteiger partial charge in [0.25, 0.3) is 5.91 Å². The fourth-order valence-electron chi connectivity index (χ4n) is 3.11. The number of amides is 1. The Balaban J connectivity index is 1.40. The zero-order valence-electron chi connectivity index (χ0n) is 15.3. The highest BCUT2D eigenvalue weighted by molar-refractivity contribution is 6.03. The van der Waals surface area contributed by atoms with Crippen molar-refractivity contribution in [1.29, 1.82) is 0 Å². The maximum absolute atomic E-state index is 12.5. The Kier molecular flexibility index (Phi) is 5.17. The molecule has 0 radical (unpaired) electrons. The van der Waals surface area contributed by atoms with Gasteiger partial charge in [0.1, 0.15) is 6.26 Å². The second-order valence-electron chi connectivity index (χ2n) is 6.72. The van der Waals surface area contributed by atoms with Crippen molar-refractivity contribution in [3.63, 3.8) is 0 Å². The fourth-order valence-corrected chi connectivity index (χ4v) is 3.11. The summed E-state index contributed by atoms with van der Waals surface area (Å²) in [5.41, 5.74) is 8.32. The number of nitrogens with one attached hydrogen (secondary N) is 1. The summed E-state index contributed by atoms with van der Waals surface area (Å²) in [5.74, 6) is 0.0557. The standard InChI is InChI=1S/C23H21N3O2/c24-20(13-10-16-6-2-1-3-7-16)23-26-21(15-28-23)22(27)25-19-12-11-17-8-4-5-9-18(17)14-19/h1-9,11-12,14-15,20H,10,13,24H2,(H,25,27)/t20-/m1/s1. The Morgan fingerprint density at radius 3 is 2.57 bits per heavy atom. The van der Waals surface area contributed by atoms with Crippen LogP contribution in [-0.2, 0) is 6.42 Å². The molecule has 1 atom stereocenters. The summed E-state index contributed by atoms with van der Waals surface area (Å²) in [4.78, 5) is 16.8. The van der Waals surface area contributed by atoms with Gasteiger partial charge in [-0.1, -0.05) is 60.7 Å². The van der Waals surface area contributed by atoms with Gasteiger partial charge < -0.3 is 15.5 Å². The third-order valence-electron chi connectivity index (χ3n) is 4.67. The zero-order chi connectivity index (χ0) is 19.3. The van der Waals surface area contributed by atoms with Gasteiger partial charge >= 0.3 is 0 Å². The molecule has 0 aliphatic rings. The van der Waals surface area contributed by atoms with Gasteiger partial charge in [-0.2, -0.15) is 0 Å². The third kappa shape index (κ3) is 4.10. The minimum absolute atomic E-state index is 0.221. The number of oxazole rings is 1. The van der Waals surface area contributed by atoms with Crippen LogP contribution in [0.3, 0.4) is 0 Å². The number of rotatable bonds is 6. The number of nitrogens with two attached hydrogens (primary N) is 1. The van der Waals surface area contributed by atoms with E-state index >= 15 is 0 Å². The molecule has 0 spiro atoms. The van der Waals surface area contributed by atoms with Crippen LogP contribution in [0.4, 0.5) is 5.69 Å². The molecule has 1 heterocycles. The highest BCUT2D eigenvalue weighted by Gasteiger charge is 2.17. The first-order chi connectivity index (χ1) is 13.7. The highest BCUT2D eigenvalue weighted by atomic mass is 16.3. The van der Waals surface area contributed by atoms with Crippen LogP contribution in [-0.4, -0.2) is 10.9 Å². The van der Waals surface area contributed by atoms with Crippen molar-refractivity contribution in [3.05, 3.63) is 96.2 Å². The maximum Gasteiger partial charge on any atom is 0.277 e. The molecule has 0 aliphatic carbocycles. The van der Waals surface area contributed by atoms with Crippen molar-refractivity contribution in [3.8, 4) is 0 Å². The molecule has 3 aromatic carbocycles. The number of nitrogens with zero attached hydrogens (tertiary/aromatic N) is 1. The molecular weight excluding hydrogens is 350 g/mol. The summed E-state index contributed by atoms with van der Waals surface area (Å²) < 4.78 is 5.45. The largest absolute Gasteiger partial charge is 0.446 e. The van der Waals surface area contributed by atoms with E-state index in [2.05, 4.69) is 22.4 Å². The first-order valence-electron chi connectivity index (χ1n) is 9.24. The number of carbonyl (C=O) groups excluding carboxylic acids is 1. The Morgan fingerprint density at radius 2 is 1.75 bits per heavy atom. The first kappa shape index (κ1) is 17.9. The molecule has 140 valence electrons. The molecule has 3 N–H and O–H groups in total. The SMILES string of the molecule is N[C@H](CCc1ccccc1)c1nc(C(=O)Nc2ccc3ccccc3c2)co1. The second kappa shape index (κ2) is 8.06. The number of fused-ring (bicyclic) bond motifs is 1. The van der Waals surface area contributed by atoms with Gasteiger partial charge in [0.15, 0.2) is 5.69 Å². The van der Waals surface area contributed by atoms with Gasteiger partial charge in [-0.05, 0) is 41.3 Å². The van der Waals surface area contributed by atoms with Crippen molar-refractivity contribution >= 4 is 22.4 Å². The average Bonchev–Trinajstić information content (AvgIpc) is 3.23. The van der Waals surface area contributed by atoms with Crippen LogP contribution in [0.25, 0.3) is 10.8 Å². The summed E-state index contributed by atoms with van der Waals surface area (Å²) in [6, 6.07) is 23.5. The fraction of sp³-hybridized carbons (Fsp3) is 0.130. The van der Waals surface area contributed by atoms with E-state index in [1.54, 1.807) is 0 Å². The Morgan fingerprint density at radius 1 is 1.00 bits per heavy atom. The van der Waals surface area contributed by atoms with Crippen LogP contribution in [0.1, 0.15) is 34.4 Å². The van der Waals surface area contributed by atoms with E-state index in [4.69, 9.17) is 10.2 Å². The van der Waals surface area contributed by atoms with E-state index < -0.39 is 0 Å². The molecule has 1 aromatic heterocycles. The minimum atomic E-state index is -0.359. The van der Waals surface area contributed by atoms with E-state index in [1.807, 2.05) is 60.7 Å². The quantitative estimate of drug-likeness (QED) is 0.514. The van der Waals surface area contributed by atoms with Crippen LogP contribution in [0, 0.1) is 0 Å². The van der Waals surface area contributed by atoms with Crippen LogP contribution >= 0.6 is 0 Å². The topological polar surface area (TPSA) is 81.1 Å². The second-order valence-corrected chi connectivity index (χ2v) is 6.72. The first-order valence-corrected chi connectivity index (χ1v) is 9.24. The lowest BCUT2D eigenvalue weighted by molar-refractivity contribution is 0.102. The monoisotopic (exact) mass is 371 g/mol. The highest BCUT2D eigenvalue weighted by Crippen LogP contribution is 2.20. The van der Waals surface area contributed by atoms with Crippen LogP contribution in [0.5, 0.6) is 0 Å². The molecule has 5 nitrogen and oxygen atoms in total. The molecule has 0 saturated heterocycles. The zero-order valence-corrected chi connectivity index (χ0v) is 15.3. The third-order valence-corrected chi connectivity index (χ3v) is 4.67. The normalized spacial score (nSPS) is 12.0. The molecule has 0 fully saturated rings. The minimum Gasteiger partial charge on any atom is -0.446 e. The van der Waals surface area contributed by atoms with Gasteiger partial charge in [-0.3, -0.25) is 4.79 Å². The number of hydrogen-bond donors (Lipinski definition) is 2. The van der Waals surface area contributed by atoms with E-state index in [0.717, 1.165) is 17.2 Å². The lowest BCUT2D eigenvalue weighted by atomic mass is 10.1. The Labute approximate surface area is 163 Å². The molecular formula is C23H21N3O2. The number of aryl methyl sites for hydroxylation is 1. The summed E-state index contributed by atoms with van der Waals surface area (Å²) in [5, 5.41) is 5.04. The number of anilines is 1. The van der Waals surface area contributed by atoms with E-state index in [-0.39, 0.29) is 17.6 Å². The molecule has 1 amide bonds. The van der Waals surface area contributed by atoms with E-state index in [1.165, 1.54) is 11.8 Å². The van der Waals surface area contributed by atoms with Crippen molar-refractivity contribution in [2.24, 2.45) is 5.73 Å².